The molecule has 0 aliphatic heterocycles. The summed E-state index contributed by atoms with van der Waals surface area (Å²) in [6.07, 6.45) is 1.46. The van der Waals surface area contributed by atoms with E-state index in [-0.39, 0.29) is 5.75 Å². The number of nitrogens with zero attached hydrogens (tertiary/aromatic N) is 1. The van der Waals surface area contributed by atoms with Gasteiger partial charge in [-0.15, -0.1) is 0 Å². The molecule has 0 radical (unpaired) electrons. The van der Waals surface area contributed by atoms with Gasteiger partial charge >= 0.3 is 0 Å². The van der Waals surface area contributed by atoms with Gasteiger partial charge in [0.2, 0.25) is 10.0 Å². The Balaban J connectivity index is 2.86. The van der Waals surface area contributed by atoms with E-state index < -0.39 is 10.0 Å². The van der Waals surface area contributed by atoms with Crippen molar-refractivity contribution >= 4 is 21.4 Å². The zero-order valence-electron chi connectivity index (χ0n) is 10.5. The molecule has 0 heterocycles. The third kappa shape index (κ3) is 4.37. The van der Waals surface area contributed by atoms with Gasteiger partial charge in [0, 0.05) is 11.3 Å². The van der Waals surface area contributed by atoms with Crippen LogP contribution in [-0.2, 0) is 10.0 Å². The summed E-state index contributed by atoms with van der Waals surface area (Å²) in [5.41, 5.74) is 1.59. The van der Waals surface area contributed by atoms with Crippen LogP contribution < -0.4 is 4.72 Å². The lowest BCUT2D eigenvalue weighted by Crippen LogP contribution is -2.16. The number of nitrogens with one attached hydrogen (secondary N) is 1. The molecule has 100 valence electrons. The lowest BCUT2D eigenvalue weighted by atomic mass is 10.1. The smallest absolute Gasteiger partial charge is 0.232 e. The Morgan fingerprint density at radius 1 is 1.44 bits per heavy atom. The average Bonchev–Trinajstić information content (AvgIpc) is 2.35. The highest BCUT2D eigenvalue weighted by atomic mass is 32.2. The highest BCUT2D eigenvalue weighted by Crippen LogP contribution is 2.13. The van der Waals surface area contributed by atoms with Crippen LogP contribution in [0.25, 0.3) is 0 Å². The number of sulfonamides is 1. The number of hydrogen-bond acceptors (Lipinski definition) is 4. The van der Waals surface area contributed by atoms with E-state index in [2.05, 4.69) is 9.88 Å². The molecular formula is C12H18N2O3S. The predicted octanol–water partition coefficient (Wildman–Crippen LogP) is 2.43. The van der Waals surface area contributed by atoms with E-state index in [0.717, 1.165) is 6.42 Å². The lowest BCUT2D eigenvalue weighted by Gasteiger charge is -2.08. The first-order valence-electron chi connectivity index (χ1n) is 5.78. The fourth-order valence-corrected chi connectivity index (χ4v) is 2.69. The van der Waals surface area contributed by atoms with Crippen molar-refractivity contribution in [3.05, 3.63) is 29.8 Å². The molecule has 0 atom stereocenters. The summed E-state index contributed by atoms with van der Waals surface area (Å²) >= 11 is 0. The Bertz CT molecular complexity index is 524. The second-order valence-electron chi connectivity index (χ2n) is 4.04. The van der Waals surface area contributed by atoms with E-state index in [9.17, 15) is 8.42 Å². The molecule has 0 fully saturated rings. The van der Waals surface area contributed by atoms with Gasteiger partial charge in [0.25, 0.3) is 0 Å². The van der Waals surface area contributed by atoms with Crippen LogP contribution in [0.5, 0.6) is 0 Å². The molecule has 2 N–H and O–H groups in total. The minimum absolute atomic E-state index is 0.112. The minimum Gasteiger partial charge on any atom is -0.411 e. The predicted molar refractivity (Wildman–Crippen MR) is 72.8 cm³/mol. The van der Waals surface area contributed by atoms with E-state index in [1.54, 1.807) is 31.2 Å². The molecule has 6 heteroatoms. The van der Waals surface area contributed by atoms with Gasteiger partial charge in [-0.3, -0.25) is 4.72 Å². The maximum absolute atomic E-state index is 11.7. The minimum atomic E-state index is -3.30. The highest BCUT2D eigenvalue weighted by Gasteiger charge is 2.10. The monoisotopic (exact) mass is 270 g/mol. The SMILES string of the molecule is CCCCS(=O)(=O)Nc1cccc(/C(C)=N/O)c1. The van der Waals surface area contributed by atoms with E-state index in [1.165, 1.54) is 0 Å². The highest BCUT2D eigenvalue weighted by molar-refractivity contribution is 7.92. The number of oxime groups is 1. The molecule has 0 saturated heterocycles. The van der Waals surface area contributed by atoms with Crippen LogP contribution in [0.3, 0.4) is 0 Å². The molecule has 1 rings (SSSR count). The van der Waals surface area contributed by atoms with Crippen molar-refractivity contribution in [3.63, 3.8) is 0 Å². The Morgan fingerprint density at radius 3 is 2.78 bits per heavy atom. The van der Waals surface area contributed by atoms with E-state index in [0.29, 0.717) is 23.4 Å². The molecule has 0 bridgehead atoms. The molecule has 0 aliphatic rings. The third-order valence-electron chi connectivity index (χ3n) is 2.47. The summed E-state index contributed by atoms with van der Waals surface area (Å²) in [7, 11) is -3.30. The standard InChI is InChI=1S/C12H18N2O3S/c1-3-4-8-18(16,17)14-12-7-5-6-11(9-12)10(2)13-15/h5-7,9,14-15H,3-4,8H2,1-2H3/b13-10+. The Labute approximate surface area is 108 Å². The Hall–Kier alpha value is -1.56. The number of hydrogen-bond donors (Lipinski definition) is 2. The average molecular weight is 270 g/mol. The summed E-state index contributed by atoms with van der Waals surface area (Å²) in [6.45, 7) is 3.59. The van der Waals surface area contributed by atoms with Gasteiger partial charge in [-0.2, -0.15) is 0 Å². The summed E-state index contributed by atoms with van der Waals surface area (Å²) in [5.74, 6) is 0.112. The van der Waals surface area contributed by atoms with Crippen LogP contribution in [0, 0.1) is 0 Å². The van der Waals surface area contributed by atoms with Gasteiger partial charge in [-0.1, -0.05) is 30.6 Å². The van der Waals surface area contributed by atoms with Crippen LogP contribution in [0.4, 0.5) is 5.69 Å². The zero-order valence-corrected chi connectivity index (χ0v) is 11.4. The van der Waals surface area contributed by atoms with E-state index in [4.69, 9.17) is 5.21 Å². The molecule has 0 aliphatic carbocycles. The van der Waals surface area contributed by atoms with Crippen molar-refractivity contribution < 1.29 is 13.6 Å². The van der Waals surface area contributed by atoms with Crippen LogP contribution in [0.2, 0.25) is 0 Å². The maximum atomic E-state index is 11.7. The maximum Gasteiger partial charge on any atom is 0.232 e. The Kier molecular flexibility index (Phi) is 5.15. The zero-order chi connectivity index (χ0) is 13.6. The van der Waals surface area contributed by atoms with Gasteiger partial charge < -0.3 is 5.21 Å². The van der Waals surface area contributed by atoms with Gasteiger partial charge in [-0.05, 0) is 25.5 Å². The molecule has 5 nitrogen and oxygen atoms in total. The quantitative estimate of drug-likeness (QED) is 0.473. The normalized spacial score (nSPS) is 12.4. The fraction of sp³-hybridized carbons (Fsp3) is 0.417. The molecule has 0 unspecified atom stereocenters. The van der Waals surface area contributed by atoms with Gasteiger partial charge in [-0.25, -0.2) is 8.42 Å². The molecule has 0 amide bonds. The van der Waals surface area contributed by atoms with Crippen molar-refractivity contribution in [2.24, 2.45) is 5.16 Å². The first-order chi connectivity index (χ1) is 8.48. The second kappa shape index (κ2) is 6.39. The number of benzene rings is 1. The van der Waals surface area contributed by atoms with Gasteiger partial charge in [0.15, 0.2) is 0 Å². The van der Waals surface area contributed by atoms with Crippen molar-refractivity contribution in [2.75, 3.05) is 10.5 Å². The van der Waals surface area contributed by atoms with Gasteiger partial charge in [0.05, 0.1) is 11.5 Å². The number of rotatable bonds is 6. The van der Waals surface area contributed by atoms with Crippen LogP contribution in [0.1, 0.15) is 32.3 Å². The summed E-state index contributed by atoms with van der Waals surface area (Å²) in [5, 5.41) is 11.8. The Morgan fingerprint density at radius 2 is 2.17 bits per heavy atom. The summed E-state index contributed by atoms with van der Waals surface area (Å²) in [6, 6.07) is 6.76. The van der Waals surface area contributed by atoms with Crippen molar-refractivity contribution in [1.29, 1.82) is 0 Å². The number of unbranched alkanes of at least 4 members (excludes halogenated alkanes) is 1. The molecular weight excluding hydrogens is 252 g/mol. The molecule has 18 heavy (non-hydrogen) atoms. The topological polar surface area (TPSA) is 78.8 Å². The van der Waals surface area contributed by atoms with E-state index >= 15 is 0 Å². The number of anilines is 1. The molecule has 0 aromatic heterocycles. The van der Waals surface area contributed by atoms with Crippen LogP contribution >= 0.6 is 0 Å². The molecule has 1 aromatic rings. The lowest BCUT2D eigenvalue weighted by molar-refractivity contribution is 0.319. The van der Waals surface area contributed by atoms with Crippen LogP contribution in [-0.4, -0.2) is 25.1 Å². The molecule has 1 aromatic carbocycles. The first-order valence-corrected chi connectivity index (χ1v) is 7.43. The fourth-order valence-electron chi connectivity index (χ4n) is 1.43. The molecule has 0 spiro atoms. The largest absolute Gasteiger partial charge is 0.411 e. The summed E-state index contributed by atoms with van der Waals surface area (Å²) < 4.78 is 25.9. The summed E-state index contributed by atoms with van der Waals surface area (Å²) in [4.78, 5) is 0. The van der Waals surface area contributed by atoms with E-state index in [1.807, 2.05) is 6.92 Å². The van der Waals surface area contributed by atoms with Gasteiger partial charge in [0.1, 0.15) is 0 Å². The van der Waals surface area contributed by atoms with Crippen LogP contribution in [0.15, 0.2) is 29.4 Å². The molecule has 0 saturated carbocycles. The van der Waals surface area contributed by atoms with Crippen molar-refractivity contribution in [2.45, 2.75) is 26.7 Å². The van der Waals surface area contributed by atoms with Crippen molar-refractivity contribution in [3.8, 4) is 0 Å². The van der Waals surface area contributed by atoms with Crippen molar-refractivity contribution in [1.82, 2.24) is 0 Å². The first kappa shape index (κ1) is 14.5. The second-order valence-corrected chi connectivity index (χ2v) is 5.88. The third-order valence-corrected chi connectivity index (χ3v) is 3.84.